The zero-order valence-electron chi connectivity index (χ0n) is 22.7. The topological polar surface area (TPSA) is 113 Å². The smallest absolute Gasteiger partial charge is 0.319 e. The number of benzene rings is 2. The largest absolute Gasteiger partial charge is 0.486 e. The van der Waals surface area contributed by atoms with Crippen LogP contribution in [0.15, 0.2) is 36.4 Å². The molecule has 10 heteroatoms. The van der Waals surface area contributed by atoms with E-state index >= 15 is 0 Å². The first-order valence-electron chi connectivity index (χ1n) is 13.0. The molecular weight excluding hydrogens is 488 g/mol. The molecule has 206 valence electrons. The van der Waals surface area contributed by atoms with Gasteiger partial charge >= 0.3 is 6.03 Å². The highest BCUT2D eigenvalue weighted by molar-refractivity contribution is 6.01. The minimum atomic E-state index is -0.378. The van der Waals surface area contributed by atoms with E-state index in [2.05, 4.69) is 15.5 Å². The third-order valence-corrected chi connectivity index (χ3v) is 6.74. The van der Waals surface area contributed by atoms with E-state index in [9.17, 15) is 14.7 Å². The minimum Gasteiger partial charge on any atom is -0.486 e. The van der Waals surface area contributed by atoms with Gasteiger partial charge in [0.1, 0.15) is 6.10 Å². The van der Waals surface area contributed by atoms with E-state index < -0.39 is 0 Å². The molecule has 4 rings (SSSR count). The Morgan fingerprint density at radius 2 is 1.95 bits per heavy atom. The van der Waals surface area contributed by atoms with Crippen molar-refractivity contribution < 1.29 is 28.9 Å². The molecule has 3 N–H and O–H groups in total. The number of carbonyl (C=O) groups excluding carboxylic acids is 2. The van der Waals surface area contributed by atoms with Crippen molar-refractivity contribution in [2.75, 3.05) is 38.9 Å². The number of fused-ring (bicyclic) bond motifs is 2. The van der Waals surface area contributed by atoms with Gasteiger partial charge in [-0.25, -0.2) is 4.79 Å². The molecule has 0 saturated carbocycles. The summed E-state index contributed by atoms with van der Waals surface area (Å²) < 4.78 is 17.5. The van der Waals surface area contributed by atoms with Gasteiger partial charge in [0.25, 0.3) is 5.91 Å². The summed E-state index contributed by atoms with van der Waals surface area (Å²) in [6.07, 6.45) is -0.301. The third kappa shape index (κ3) is 6.31. The Balaban J connectivity index is 1.61. The number of ether oxygens (including phenoxy) is 3. The van der Waals surface area contributed by atoms with Gasteiger partial charge in [0.15, 0.2) is 17.2 Å². The molecule has 0 saturated heterocycles. The Morgan fingerprint density at radius 3 is 2.68 bits per heavy atom. The molecule has 0 bridgehead atoms. The van der Waals surface area contributed by atoms with Crippen LogP contribution in [0.2, 0.25) is 0 Å². The second-order valence-electron chi connectivity index (χ2n) is 10.4. The van der Waals surface area contributed by atoms with Crippen molar-refractivity contribution in [3.63, 3.8) is 0 Å². The van der Waals surface area contributed by atoms with Crippen molar-refractivity contribution in [2.45, 2.75) is 52.4 Å². The molecule has 0 fully saturated rings. The summed E-state index contributed by atoms with van der Waals surface area (Å²) in [4.78, 5) is 30.0. The number of anilines is 1. The van der Waals surface area contributed by atoms with Gasteiger partial charge in [0, 0.05) is 31.6 Å². The first-order valence-corrected chi connectivity index (χ1v) is 13.0. The first kappa shape index (κ1) is 27.5. The third-order valence-electron chi connectivity index (χ3n) is 6.74. The molecule has 0 unspecified atom stereocenters. The lowest BCUT2D eigenvalue weighted by atomic mass is 9.99. The second kappa shape index (κ2) is 11.9. The van der Waals surface area contributed by atoms with Crippen LogP contribution < -0.4 is 24.8 Å². The number of aliphatic hydroxyl groups excluding tert-OH is 1. The summed E-state index contributed by atoms with van der Waals surface area (Å²) in [6, 6.07) is 10.3. The Hall–Kier alpha value is -3.50. The lowest BCUT2D eigenvalue weighted by molar-refractivity contribution is 0.0343. The van der Waals surface area contributed by atoms with Gasteiger partial charge in [-0.15, -0.1) is 0 Å². The highest BCUT2D eigenvalue weighted by Crippen LogP contribution is 2.36. The molecule has 2 heterocycles. The van der Waals surface area contributed by atoms with Gasteiger partial charge in [-0.2, -0.15) is 0 Å². The van der Waals surface area contributed by atoms with E-state index in [-0.39, 0.29) is 49.4 Å². The predicted octanol–water partition coefficient (Wildman–Crippen LogP) is 3.30. The molecule has 0 radical (unpaired) electrons. The van der Waals surface area contributed by atoms with Gasteiger partial charge in [-0.3, -0.25) is 9.69 Å². The number of rotatable bonds is 8. The molecule has 2 aromatic rings. The highest BCUT2D eigenvalue weighted by Gasteiger charge is 2.34. The van der Waals surface area contributed by atoms with Crippen LogP contribution in [0.3, 0.4) is 0 Å². The van der Waals surface area contributed by atoms with Crippen LogP contribution >= 0.6 is 0 Å². The maximum absolute atomic E-state index is 13.6. The van der Waals surface area contributed by atoms with Crippen LogP contribution in [0.5, 0.6) is 17.2 Å². The molecule has 0 spiro atoms. The summed E-state index contributed by atoms with van der Waals surface area (Å²) in [5.41, 5.74) is 1.85. The Kier molecular flexibility index (Phi) is 8.63. The van der Waals surface area contributed by atoms with Crippen LogP contribution in [0.1, 0.15) is 43.6 Å². The fourth-order valence-corrected chi connectivity index (χ4v) is 4.70. The number of amides is 3. The van der Waals surface area contributed by atoms with E-state index in [0.29, 0.717) is 36.6 Å². The number of aliphatic hydroxyl groups is 1. The Bertz CT molecular complexity index is 1160. The molecule has 10 nitrogen and oxygen atoms in total. The van der Waals surface area contributed by atoms with E-state index in [1.54, 1.807) is 23.1 Å². The quantitative estimate of drug-likeness (QED) is 0.484. The monoisotopic (exact) mass is 526 g/mol. The zero-order valence-corrected chi connectivity index (χ0v) is 22.7. The molecule has 0 aliphatic carbocycles. The number of hydrogen-bond donors (Lipinski definition) is 3. The number of urea groups is 1. The van der Waals surface area contributed by atoms with E-state index in [0.717, 1.165) is 17.1 Å². The maximum atomic E-state index is 13.6. The van der Waals surface area contributed by atoms with Crippen molar-refractivity contribution in [3.05, 3.63) is 47.5 Å². The Morgan fingerprint density at radius 1 is 1.18 bits per heavy atom. The van der Waals surface area contributed by atoms with Gasteiger partial charge < -0.3 is 34.9 Å². The molecule has 2 aliphatic heterocycles. The number of nitrogens with one attached hydrogen (secondary N) is 2. The van der Waals surface area contributed by atoms with Crippen LogP contribution in [0.25, 0.3) is 0 Å². The minimum absolute atomic E-state index is 0.0541. The van der Waals surface area contributed by atoms with Gasteiger partial charge in [0.2, 0.25) is 6.79 Å². The molecule has 38 heavy (non-hydrogen) atoms. The standard InChI is InChI=1S/C28H38N4O6/c1-17(2)29-28(35)30-22-8-6-7-21-26(22)38-25(18(3)12-32(27(21)34)19(4)15-33)14-31(5)13-20-9-10-23-24(11-20)37-16-36-23/h6-11,17-19,25,33H,12-16H2,1-5H3,(H2,29,30,35)/t18-,19-,25+/m0/s1. The van der Waals surface area contributed by atoms with Crippen molar-refractivity contribution >= 4 is 17.6 Å². The summed E-state index contributed by atoms with van der Waals surface area (Å²) in [5.74, 6) is 1.52. The maximum Gasteiger partial charge on any atom is 0.319 e. The number of likely N-dealkylation sites (N-methyl/N-ethyl adjacent to an activating group) is 1. The molecule has 2 aliphatic rings. The number of carbonyl (C=O) groups is 2. The molecule has 0 aromatic heterocycles. The summed E-state index contributed by atoms with van der Waals surface area (Å²) in [7, 11) is 2.01. The summed E-state index contributed by atoms with van der Waals surface area (Å²) in [5, 5.41) is 15.5. The van der Waals surface area contributed by atoms with Crippen LogP contribution in [-0.2, 0) is 6.54 Å². The molecule has 2 aromatic carbocycles. The highest BCUT2D eigenvalue weighted by atomic mass is 16.7. The van der Waals surface area contributed by atoms with Crippen molar-refractivity contribution in [2.24, 2.45) is 5.92 Å². The lowest BCUT2D eigenvalue weighted by Crippen LogP contribution is -2.49. The Labute approximate surface area is 223 Å². The number of hydrogen-bond acceptors (Lipinski definition) is 7. The lowest BCUT2D eigenvalue weighted by Gasteiger charge is -2.38. The zero-order chi connectivity index (χ0) is 27.4. The second-order valence-corrected chi connectivity index (χ2v) is 10.4. The summed E-state index contributed by atoms with van der Waals surface area (Å²) >= 11 is 0. The van der Waals surface area contributed by atoms with Crippen LogP contribution in [-0.4, -0.2) is 78.6 Å². The van der Waals surface area contributed by atoms with Crippen molar-refractivity contribution in [1.82, 2.24) is 15.1 Å². The van der Waals surface area contributed by atoms with Crippen molar-refractivity contribution in [3.8, 4) is 17.2 Å². The van der Waals surface area contributed by atoms with E-state index in [4.69, 9.17) is 14.2 Å². The fraction of sp³-hybridized carbons (Fsp3) is 0.500. The predicted molar refractivity (Wildman–Crippen MR) is 144 cm³/mol. The number of nitrogens with zero attached hydrogens (tertiary/aromatic N) is 2. The van der Waals surface area contributed by atoms with Gasteiger partial charge in [0.05, 0.1) is 23.9 Å². The molecular formula is C28H38N4O6. The van der Waals surface area contributed by atoms with Crippen LogP contribution in [0.4, 0.5) is 10.5 Å². The van der Waals surface area contributed by atoms with E-state index in [1.807, 2.05) is 52.9 Å². The summed E-state index contributed by atoms with van der Waals surface area (Å²) in [6.45, 7) is 9.33. The van der Waals surface area contributed by atoms with E-state index in [1.165, 1.54) is 0 Å². The average molecular weight is 527 g/mol. The fourth-order valence-electron chi connectivity index (χ4n) is 4.70. The molecule has 3 amide bonds. The van der Waals surface area contributed by atoms with Crippen molar-refractivity contribution in [1.29, 1.82) is 0 Å². The van der Waals surface area contributed by atoms with Crippen LogP contribution in [0, 0.1) is 5.92 Å². The normalized spacial score (nSPS) is 19.5. The first-order chi connectivity index (χ1) is 18.2. The average Bonchev–Trinajstić information content (AvgIpc) is 3.33. The van der Waals surface area contributed by atoms with Gasteiger partial charge in [-0.1, -0.05) is 19.1 Å². The van der Waals surface area contributed by atoms with Gasteiger partial charge in [-0.05, 0) is 57.6 Å². The number of para-hydroxylation sites is 1. The molecule has 3 atom stereocenters. The SMILES string of the molecule is CC(C)NC(=O)Nc1cccc2c1O[C@H](CN(C)Cc1ccc3c(c1)OCO3)[C@@H](C)CN([C@@H](C)CO)C2=O.